The summed E-state index contributed by atoms with van der Waals surface area (Å²) in [7, 11) is 0. The second kappa shape index (κ2) is 6.98. The van der Waals surface area contributed by atoms with E-state index in [0.717, 1.165) is 5.69 Å². The van der Waals surface area contributed by atoms with Crippen LogP contribution in [0.15, 0.2) is 30.3 Å². The maximum atomic E-state index is 11.8. The minimum atomic E-state index is -0.352. The Morgan fingerprint density at radius 3 is 2.62 bits per heavy atom. The SMILES string of the molecule is Cc1cccc(NC(=O)COc2cc(Cl)c(Cl)cc2Cl)n1. The fourth-order valence-corrected chi connectivity index (χ4v) is 2.14. The number of nitrogens with zero attached hydrogens (tertiary/aromatic N) is 1. The summed E-state index contributed by atoms with van der Waals surface area (Å²) < 4.78 is 5.32. The van der Waals surface area contributed by atoms with Gasteiger partial charge >= 0.3 is 0 Å². The molecule has 0 saturated carbocycles. The van der Waals surface area contributed by atoms with Crippen molar-refractivity contribution >= 4 is 46.5 Å². The molecule has 0 aliphatic carbocycles. The van der Waals surface area contributed by atoms with Crippen LogP contribution in [0.5, 0.6) is 5.75 Å². The van der Waals surface area contributed by atoms with Crippen molar-refractivity contribution in [2.45, 2.75) is 6.92 Å². The number of pyridine rings is 1. The molecule has 110 valence electrons. The highest BCUT2D eigenvalue weighted by atomic mass is 35.5. The zero-order valence-corrected chi connectivity index (χ0v) is 13.3. The summed E-state index contributed by atoms with van der Waals surface area (Å²) >= 11 is 17.6. The Bertz CT molecular complexity index is 677. The van der Waals surface area contributed by atoms with Gasteiger partial charge in [0, 0.05) is 11.8 Å². The van der Waals surface area contributed by atoms with Crippen LogP contribution < -0.4 is 10.1 Å². The van der Waals surface area contributed by atoms with E-state index in [1.54, 1.807) is 12.1 Å². The average Bonchev–Trinajstić information content (AvgIpc) is 2.41. The number of ether oxygens (including phenoxy) is 1. The fraction of sp³-hybridized carbons (Fsp3) is 0.143. The molecule has 0 radical (unpaired) electrons. The number of hydrogen-bond donors (Lipinski definition) is 1. The fourth-order valence-electron chi connectivity index (χ4n) is 1.55. The standard InChI is InChI=1S/C14H11Cl3N2O2/c1-8-3-2-4-13(18-8)19-14(20)7-21-12-6-10(16)9(15)5-11(12)17/h2-6H,7H2,1H3,(H,18,19,20). The minimum Gasteiger partial charge on any atom is -0.482 e. The van der Waals surface area contributed by atoms with E-state index in [2.05, 4.69) is 10.3 Å². The van der Waals surface area contributed by atoms with Crippen LogP contribution in [-0.2, 0) is 4.79 Å². The second-order valence-corrected chi connectivity index (χ2v) is 5.42. The molecule has 0 aliphatic heterocycles. The van der Waals surface area contributed by atoms with Gasteiger partial charge in [0.2, 0.25) is 0 Å². The van der Waals surface area contributed by atoms with Crippen molar-refractivity contribution in [2.24, 2.45) is 0 Å². The third-order valence-electron chi connectivity index (χ3n) is 2.49. The third kappa shape index (κ3) is 4.49. The molecule has 0 bridgehead atoms. The number of amides is 1. The van der Waals surface area contributed by atoms with Crippen molar-refractivity contribution in [3.8, 4) is 5.75 Å². The number of benzene rings is 1. The number of aromatic nitrogens is 1. The molecule has 1 aromatic carbocycles. The number of carbonyl (C=O) groups is 1. The van der Waals surface area contributed by atoms with Crippen LogP contribution >= 0.6 is 34.8 Å². The topological polar surface area (TPSA) is 51.2 Å². The Hall–Kier alpha value is -1.49. The highest BCUT2D eigenvalue weighted by molar-refractivity contribution is 6.43. The normalized spacial score (nSPS) is 10.3. The molecule has 1 amide bonds. The van der Waals surface area contributed by atoms with Crippen LogP contribution in [0.3, 0.4) is 0 Å². The Kier molecular flexibility index (Phi) is 5.28. The number of carbonyl (C=O) groups excluding carboxylic acids is 1. The van der Waals surface area contributed by atoms with Crippen LogP contribution in [0, 0.1) is 6.92 Å². The molecule has 0 unspecified atom stereocenters. The first-order valence-electron chi connectivity index (χ1n) is 5.96. The molecular formula is C14H11Cl3N2O2. The number of anilines is 1. The summed E-state index contributed by atoms with van der Waals surface area (Å²) in [4.78, 5) is 15.9. The van der Waals surface area contributed by atoms with Gasteiger partial charge in [0.1, 0.15) is 11.6 Å². The minimum absolute atomic E-state index is 0.215. The van der Waals surface area contributed by atoms with Crippen molar-refractivity contribution in [1.82, 2.24) is 4.98 Å². The first-order valence-corrected chi connectivity index (χ1v) is 7.10. The lowest BCUT2D eigenvalue weighted by Crippen LogP contribution is -2.21. The molecule has 2 aromatic rings. The molecule has 0 atom stereocenters. The molecule has 4 nitrogen and oxygen atoms in total. The van der Waals surface area contributed by atoms with Gasteiger partial charge in [-0.15, -0.1) is 0 Å². The summed E-state index contributed by atoms with van der Waals surface area (Å²) in [6.45, 7) is 1.62. The molecule has 0 aliphatic rings. The van der Waals surface area contributed by atoms with E-state index >= 15 is 0 Å². The Morgan fingerprint density at radius 2 is 1.90 bits per heavy atom. The number of rotatable bonds is 4. The zero-order valence-electron chi connectivity index (χ0n) is 11.0. The van der Waals surface area contributed by atoms with Crippen molar-refractivity contribution in [1.29, 1.82) is 0 Å². The van der Waals surface area contributed by atoms with Gasteiger partial charge in [-0.05, 0) is 25.1 Å². The van der Waals surface area contributed by atoms with Crippen LogP contribution in [0.1, 0.15) is 5.69 Å². The van der Waals surface area contributed by atoms with Gasteiger partial charge in [0.15, 0.2) is 6.61 Å². The van der Waals surface area contributed by atoms with Crippen LogP contribution in [0.2, 0.25) is 15.1 Å². The predicted octanol–water partition coefficient (Wildman–Crippen LogP) is 4.37. The van der Waals surface area contributed by atoms with E-state index in [-0.39, 0.29) is 17.5 Å². The van der Waals surface area contributed by atoms with E-state index in [1.165, 1.54) is 12.1 Å². The van der Waals surface area contributed by atoms with Crippen LogP contribution in [0.25, 0.3) is 0 Å². The summed E-state index contributed by atoms with van der Waals surface area (Å²) in [6.07, 6.45) is 0. The zero-order chi connectivity index (χ0) is 15.4. The lowest BCUT2D eigenvalue weighted by atomic mass is 10.3. The largest absolute Gasteiger partial charge is 0.482 e. The lowest BCUT2D eigenvalue weighted by Gasteiger charge is -2.09. The molecular weight excluding hydrogens is 335 g/mol. The number of nitrogens with one attached hydrogen (secondary N) is 1. The summed E-state index contributed by atoms with van der Waals surface area (Å²) in [5.41, 5.74) is 0.807. The molecule has 21 heavy (non-hydrogen) atoms. The maximum Gasteiger partial charge on any atom is 0.263 e. The van der Waals surface area contributed by atoms with Crippen LogP contribution in [-0.4, -0.2) is 17.5 Å². The maximum absolute atomic E-state index is 11.8. The molecule has 1 aromatic heterocycles. The molecule has 1 heterocycles. The van der Waals surface area contributed by atoms with Crippen molar-refractivity contribution in [3.05, 3.63) is 51.1 Å². The Labute approximate surface area is 137 Å². The first-order chi connectivity index (χ1) is 9.95. The predicted molar refractivity (Wildman–Crippen MR) is 84.6 cm³/mol. The smallest absolute Gasteiger partial charge is 0.263 e. The van der Waals surface area contributed by atoms with Gasteiger partial charge in [-0.2, -0.15) is 0 Å². The van der Waals surface area contributed by atoms with Crippen molar-refractivity contribution < 1.29 is 9.53 Å². The molecule has 0 saturated heterocycles. The molecule has 1 N–H and O–H groups in total. The van der Waals surface area contributed by atoms with Crippen LogP contribution in [0.4, 0.5) is 5.82 Å². The summed E-state index contributed by atoms with van der Waals surface area (Å²) in [5.74, 6) is 0.400. The number of aryl methyl sites for hydroxylation is 1. The highest BCUT2D eigenvalue weighted by Gasteiger charge is 2.10. The van der Waals surface area contributed by atoms with Gasteiger partial charge < -0.3 is 10.1 Å². The van der Waals surface area contributed by atoms with Gasteiger partial charge in [0.25, 0.3) is 5.91 Å². The number of halogens is 3. The van der Waals surface area contributed by atoms with E-state index in [9.17, 15) is 4.79 Å². The van der Waals surface area contributed by atoms with Gasteiger partial charge in [-0.3, -0.25) is 4.79 Å². The van der Waals surface area contributed by atoms with E-state index in [4.69, 9.17) is 39.5 Å². The number of hydrogen-bond acceptors (Lipinski definition) is 3. The Balaban J connectivity index is 1.97. The monoisotopic (exact) mass is 344 g/mol. The molecule has 2 rings (SSSR count). The summed E-state index contributed by atoms with van der Waals surface area (Å²) in [6, 6.07) is 8.25. The van der Waals surface area contributed by atoms with Gasteiger partial charge in [0.05, 0.1) is 15.1 Å². The second-order valence-electron chi connectivity index (χ2n) is 4.20. The van der Waals surface area contributed by atoms with E-state index < -0.39 is 0 Å². The quantitative estimate of drug-likeness (QED) is 0.837. The van der Waals surface area contributed by atoms with E-state index in [1.807, 2.05) is 13.0 Å². The third-order valence-corrected chi connectivity index (χ3v) is 3.51. The average molecular weight is 346 g/mol. The Morgan fingerprint density at radius 1 is 1.19 bits per heavy atom. The molecule has 0 spiro atoms. The van der Waals surface area contributed by atoms with Gasteiger partial charge in [-0.1, -0.05) is 40.9 Å². The lowest BCUT2D eigenvalue weighted by molar-refractivity contribution is -0.118. The molecule has 0 fully saturated rings. The van der Waals surface area contributed by atoms with Crippen molar-refractivity contribution in [2.75, 3.05) is 11.9 Å². The van der Waals surface area contributed by atoms with Gasteiger partial charge in [-0.25, -0.2) is 4.98 Å². The van der Waals surface area contributed by atoms with E-state index in [0.29, 0.717) is 21.6 Å². The van der Waals surface area contributed by atoms with Crippen molar-refractivity contribution in [3.63, 3.8) is 0 Å². The first kappa shape index (κ1) is 15.9. The molecule has 7 heteroatoms. The highest BCUT2D eigenvalue weighted by Crippen LogP contribution is 2.33. The summed E-state index contributed by atoms with van der Waals surface area (Å²) in [5, 5.41) is 3.53.